The lowest BCUT2D eigenvalue weighted by molar-refractivity contribution is 0.0697. The molecule has 16 heavy (non-hydrogen) atoms. The van der Waals surface area contributed by atoms with Crippen molar-refractivity contribution < 1.29 is 9.90 Å². The molecule has 1 aromatic heterocycles. The third kappa shape index (κ3) is 1.52. The zero-order valence-electron chi connectivity index (χ0n) is 9.27. The molecule has 1 aromatic carbocycles. The first-order valence-corrected chi connectivity index (χ1v) is 5.14. The molecule has 0 spiro atoms. The number of fused-ring (bicyclic) bond motifs is 1. The van der Waals surface area contributed by atoms with Crippen LogP contribution in [0.3, 0.4) is 0 Å². The highest BCUT2D eigenvalue weighted by Gasteiger charge is 2.11. The van der Waals surface area contributed by atoms with E-state index >= 15 is 0 Å². The second-order valence-electron chi connectivity index (χ2n) is 4.12. The van der Waals surface area contributed by atoms with E-state index in [2.05, 4.69) is 0 Å². The van der Waals surface area contributed by atoms with Gasteiger partial charge in [-0.25, -0.2) is 4.79 Å². The largest absolute Gasteiger partial charge is 0.478 e. The van der Waals surface area contributed by atoms with Crippen molar-refractivity contribution in [2.45, 2.75) is 19.9 Å². The average Bonchev–Trinajstić information content (AvgIpc) is 2.61. The number of nitrogens with zero attached hydrogens (tertiary/aromatic N) is 1. The second kappa shape index (κ2) is 3.56. The lowest BCUT2D eigenvalue weighted by atomic mass is 10.1. The molecule has 0 unspecified atom stereocenters. The van der Waals surface area contributed by atoms with E-state index in [-0.39, 0.29) is 11.6 Å². The lowest BCUT2D eigenvalue weighted by Crippen LogP contribution is -2.02. The third-order valence-electron chi connectivity index (χ3n) is 2.67. The molecule has 0 radical (unpaired) electrons. The molecule has 3 N–H and O–H groups in total. The number of hydrogen-bond donors (Lipinski definition) is 2. The van der Waals surface area contributed by atoms with Gasteiger partial charge in [0.05, 0.1) is 11.1 Å². The summed E-state index contributed by atoms with van der Waals surface area (Å²) in [5.74, 6) is -0.954. The van der Waals surface area contributed by atoms with Crippen LogP contribution in [0.25, 0.3) is 10.9 Å². The predicted molar refractivity (Wildman–Crippen MR) is 63.7 cm³/mol. The summed E-state index contributed by atoms with van der Waals surface area (Å²) in [6, 6.07) is 5.35. The first-order chi connectivity index (χ1) is 7.50. The molecule has 1 heterocycles. The zero-order valence-corrected chi connectivity index (χ0v) is 9.27. The van der Waals surface area contributed by atoms with Crippen LogP contribution >= 0.6 is 0 Å². The molecule has 0 aliphatic heterocycles. The molecule has 0 atom stereocenters. The molecule has 0 fully saturated rings. The summed E-state index contributed by atoms with van der Waals surface area (Å²) in [6.45, 7) is 4.09. The van der Waals surface area contributed by atoms with Crippen LogP contribution in [0.4, 0.5) is 5.69 Å². The van der Waals surface area contributed by atoms with Crippen LogP contribution in [0.1, 0.15) is 30.2 Å². The standard InChI is InChI=1S/C12H14N2O2/c1-7(2)14-4-3-9-10(13)5-8(12(15)16)6-11(9)14/h3-7H,13H2,1-2H3,(H,15,16). The normalized spacial score (nSPS) is 11.2. The Morgan fingerprint density at radius 3 is 2.69 bits per heavy atom. The van der Waals surface area contributed by atoms with Gasteiger partial charge in [0.2, 0.25) is 0 Å². The number of nitrogens with two attached hydrogens (primary N) is 1. The maximum absolute atomic E-state index is 10.9. The summed E-state index contributed by atoms with van der Waals surface area (Å²) in [7, 11) is 0. The lowest BCUT2D eigenvalue weighted by Gasteiger charge is -2.10. The summed E-state index contributed by atoms with van der Waals surface area (Å²) >= 11 is 0. The number of aromatic nitrogens is 1. The molecule has 0 saturated heterocycles. The van der Waals surface area contributed by atoms with E-state index in [1.54, 1.807) is 6.07 Å². The number of rotatable bonds is 2. The monoisotopic (exact) mass is 218 g/mol. The van der Waals surface area contributed by atoms with Crippen LogP contribution in [-0.2, 0) is 0 Å². The van der Waals surface area contributed by atoms with E-state index in [1.165, 1.54) is 6.07 Å². The van der Waals surface area contributed by atoms with Crippen LogP contribution in [0, 0.1) is 0 Å². The number of carboxylic acids is 1. The molecule has 0 aliphatic rings. The SMILES string of the molecule is CC(C)n1ccc2c(N)cc(C(=O)O)cc21. The fourth-order valence-corrected chi connectivity index (χ4v) is 1.86. The molecule has 4 heteroatoms. The fraction of sp³-hybridized carbons (Fsp3) is 0.250. The van der Waals surface area contributed by atoms with Crippen molar-refractivity contribution in [3.8, 4) is 0 Å². The molecule has 0 aliphatic carbocycles. The summed E-state index contributed by atoms with van der Waals surface area (Å²) in [5, 5.41) is 9.87. The fourth-order valence-electron chi connectivity index (χ4n) is 1.86. The van der Waals surface area contributed by atoms with Gasteiger partial charge in [0.1, 0.15) is 0 Å². The Balaban J connectivity index is 2.76. The van der Waals surface area contributed by atoms with Gasteiger partial charge in [-0.15, -0.1) is 0 Å². The van der Waals surface area contributed by atoms with Gasteiger partial charge in [-0.3, -0.25) is 0 Å². The van der Waals surface area contributed by atoms with Crippen molar-refractivity contribution in [3.63, 3.8) is 0 Å². The van der Waals surface area contributed by atoms with Crippen LogP contribution in [0.5, 0.6) is 0 Å². The summed E-state index contributed by atoms with van der Waals surface area (Å²) in [4.78, 5) is 10.9. The number of hydrogen-bond acceptors (Lipinski definition) is 2. The Morgan fingerprint density at radius 2 is 2.12 bits per heavy atom. The number of nitrogen functional groups attached to an aromatic ring is 1. The van der Waals surface area contributed by atoms with Gasteiger partial charge in [0.15, 0.2) is 0 Å². The predicted octanol–water partition coefficient (Wildman–Crippen LogP) is 2.50. The topological polar surface area (TPSA) is 68.2 Å². The smallest absolute Gasteiger partial charge is 0.335 e. The van der Waals surface area contributed by atoms with Crippen molar-refractivity contribution in [1.82, 2.24) is 4.57 Å². The maximum Gasteiger partial charge on any atom is 0.335 e. The number of anilines is 1. The van der Waals surface area contributed by atoms with Gasteiger partial charge in [0, 0.05) is 23.3 Å². The number of benzene rings is 1. The van der Waals surface area contributed by atoms with Crippen molar-refractivity contribution >= 4 is 22.6 Å². The van der Waals surface area contributed by atoms with Crippen LogP contribution in [-0.4, -0.2) is 15.6 Å². The van der Waals surface area contributed by atoms with E-state index in [0.717, 1.165) is 10.9 Å². The summed E-state index contributed by atoms with van der Waals surface area (Å²) < 4.78 is 2.01. The van der Waals surface area contributed by atoms with Gasteiger partial charge < -0.3 is 15.4 Å². The Morgan fingerprint density at radius 1 is 1.44 bits per heavy atom. The van der Waals surface area contributed by atoms with Gasteiger partial charge in [-0.05, 0) is 32.0 Å². The van der Waals surface area contributed by atoms with Crippen molar-refractivity contribution in [2.24, 2.45) is 0 Å². The van der Waals surface area contributed by atoms with Crippen molar-refractivity contribution in [2.75, 3.05) is 5.73 Å². The zero-order chi connectivity index (χ0) is 11.9. The summed E-state index contributed by atoms with van der Waals surface area (Å²) in [6.07, 6.45) is 1.93. The summed E-state index contributed by atoms with van der Waals surface area (Å²) in [5.41, 5.74) is 7.44. The van der Waals surface area contributed by atoms with E-state index < -0.39 is 5.97 Å². The van der Waals surface area contributed by atoms with E-state index in [1.807, 2.05) is 30.7 Å². The third-order valence-corrected chi connectivity index (χ3v) is 2.67. The minimum absolute atomic E-state index is 0.227. The highest BCUT2D eigenvalue weighted by Crippen LogP contribution is 2.26. The second-order valence-corrected chi connectivity index (χ2v) is 4.12. The number of aromatic carboxylic acids is 1. The molecule has 84 valence electrons. The van der Waals surface area contributed by atoms with E-state index in [0.29, 0.717) is 5.69 Å². The minimum Gasteiger partial charge on any atom is -0.478 e. The Bertz CT molecular complexity index is 555. The highest BCUT2D eigenvalue weighted by molar-refractivity contribution is 5.99. The van der Waals surface area contributed by atoms with Crippen molar-refractivity contribution in [1.29, 1.82) is 0 Å². The van der Waals surface area contributed by atoms with Crippen molar-refractivity contribution in [3.05, 3.63) is 30.0 Å². The van der Waals surface area contributed by atoms with Gasteiger partial charge in [-0.1, -0.05) is 0 Å². The molecule has 0 saturated carbocycles. The maximum atomic E-state index is 10.9. The Hall–Kier alpha value is -1.97. The highest BCUT2D eigenvalue weighted by atomic mass is 16.4. The van der Waals surface area contributed by atoms with Gasteiger partial charge in [0.25, 0.3) is 0 Å². The Labute approximate surface area is 93.3 Å². The number of carbonyl (C=O) groups is 1. The molecule has 0 bridgehead atoms. The molecule has 0 amide bonds. The first kappa shape index (κ1) is 10.5. The quantitative estimate of drug-likeness (QED) is 0.761. The average molecular weight is 218 g/mol. The van der Waals surface area contributed by atoms with Crippen LogP contribution in [0.15, 0.2) is 24.4 Å². The van der Waals surface area contributed by atoms with Gasteiger partial charge in [-0.2, -0.15) is 0 Å². The number of carboxylic acid groups (broad SMARTS) is 1. The minimum atomic E-state index is -0.954. The molecular weight excluding hydrogens is 204 g/mol. The molecular formula is C12H14N2O2. The Kier molecular flexibility index (Phi) is 2.34. The van der Waals surface area contributed by atoms with Crippen LogP contribution in [0.2, 0.25) is 0 Å². The molecule has 4 nitrogen and oxygen atoms in total. The molecule has 2 rings (SSSR count). The van der Waals surface area contributed by atoms with E-state index in [9.17, 15) is 4.79 Å². The first-order valence-electron chi connectivity index (χ1n) is 5.14. The molecule has 2 aromatic rings. The van der Waals surface area contributed by atoms with Gasteiger partial charge >= 0.3 is 5.97 Å². The van der Waals surface area contributed by atoms with Crippen LogP contribution < -0.4 is 5.73 Å². The van der Waals surface area contributed by atoms with E-state index in [4.69, 9.17) is 10.8 Å².